The van der Waals surface area contributed by atoms with Gasteiger partial charge in [0.2, 0.25) is 10.0 Å². The van der Waals surface area contributed by atoms with Crippen LogP contribution in [0.1, 0.15) is 36.5 Å². The summed E-state index contributed by atoms with van der Waals surface area (Å²) in [6, 6.07) is 6.10. The van der Waals surface area contributed by atoms with Crippen LogP contribution in [0.2, 0.25) is 0 Å². The summed E-state index contributed by atoms with van der Waals surface area (Å²) in [7, 11) is 2.12. The Morgan fingerprint density at radius 1 is 1.04 bits per heavy atom. The molecule has 1 rings (SSSR count). The summed E-state index contributed by atoms with van der Waals surface area (Å²) in [5, 5.41) is 0. The highest BCUT2D eigenvalue weighted by Crippen LogP contribution is 2.12. The maximum Gasteiger partial charge on any atom is 0.253 e. The van der Waals surface area contributed by atoms with Crippen LogP contribution in [0.5, 0.6) is 0 Å². The van der Waals surface area contributed by atoms with Crippen LogP contribution in [-0.2, 0) is 10.0 Å². The molecule has 0 aromatic heterocycles. The Labute approximate surface area is 145 Å². The second kappa shape index (κ2) is 9.76. The Morgan fingerprint density at radius 2 is 1.67 bits per heavy atom. The second-order valence-corrected chi connectivity index (χ2v) is 7.93. The number of nitrogens with zero attached hydrogens (tertiary/aromatic N) is 2. The van der Waals surface area contributed by atoms with Gasteiger partial charge in [-0.15, -0.1) is 0 Å². The molecule has 136 valence electrons. The standard InChI is InChI=1S/C17H29N3O3S/c1-5-6-14-20(4)17(21)15-8-10-16(11-9-15)24(22,23)18-12-7-13-19(2)3/h8-11,18H,5-7,12-14H2,1-4H3. The Bertz CT molecular complexity index is 612. The Kier molecular flexibility index (Phi) is 8.38. The van der Waals surface area contributed by atoms with Crippen LogP contribution >= 0.6 is 0 Å². The van der Waals surface area contributed by atoms with Crippen LogP contribution in [0.4, 0.5) is 0 Å². The predicted octanol–water partition coefficient (Wildman–Crippen LogP) is 1.79. The molecule has 0 aliphatic carbocycles. The van der Waals surface area contributed by atoms with E-state index in [1.807, 2.05) is 19.0 Å². The van der Waals surface area contributed by atoms with Crippen LogP contribution in [0.3, 0.4) is 0 Å². The molecule has 1 aromatic carbocycles. The first-order valence-corrected chi connectivity index (χ1v) is 9.76. The lowest BCUT2D eigenvalue weighted by Crippen LogP contribution is -2.28. The fourth-order valence-electron chi connectivity index (χ4n) is 2.18. The summed E-state index contributed by atoms with van der Waals surface area (Å²) in [5.41, 5.74) is 0.500. The first kappa shape index (κ1) is 20.6. The SMILES string of the molecule is CCCCN(C)C(=O)c1ccc(S(=O)(=O)NCCCN(C)C)cc1. The van der Waals surface area contributed by atoms with E-state index in [4.69, 9.17) is 0 Å². The number of rotatable bonds is 10. The van der Waals surface area contributed by atoms with E-state index < -0.39 is 10.0 Å². The molecule has 0 spiro atoms. The third-order valence-corrected chi connectivity index (χ3v) is 5.16. The number of hydrogen-bond donors (Lipinski definition) is 1. The zero-order valence-corrected chi connectivity index (χ0v) is 15.9. The molecule has 0 heterocycles. The number of nitrogens with one attached hydrogen (secondary N) is 1. The number of sulfonamides is 1. The van der Waals surface area contributed by atoms with Crippen LogP contribution in [-0.4, -0.2) is 64.9 Å². The minimum atomic E-state index is -3.53. The topological polar surface area (TPSA) is 69.7 Å². The zero-order chi connectivity index (χ0) is 18.2. The molecule has 0 saturated carbocycles. The molecule has 0 fully saturated rings. The average Bonchev–Trinajstić information content (AvgIpc) is 2.56. The molecule has 7 heteroatoms. The molecule has 6 nitrogen and oxygen atoms in total. The van der Waals surface area contributed by atoms with Crippen molar-refractivity contribution in [2.24, 2.45) is 0 Å². The van der Waals surface area contributed by atoms with E-state index in [9.17, 15) is 13.2 Å². The summed E-state index contributed by atoms with van der Waals surface area (Å²) < 4.78 is 27.0. The van der Waals surface area contributed by atoms with Gasteiger partial charge < -0.3 is 9.80 Å². The molecule has 0 saturated heterocycles. The Morgan fingerprint density at radius 3 is 2.21 bits per heavy atom. The van der Waals surface area contributed by atoms with Crippen molar-refractivity contribution in [2.45, 2.75) is 31.1 Å². The van der Waals surface area contributed by atoms with E-state index in [1.54, 1.807) is 24.1 Å². The normalized spacial score (nSPS) is 11.7. The summed E-state index contributed by atoms with van der Waals surface area (Å²) in [6.45, 7) is 3.98. The molecular weight excluding hydrogens is 326 g/mol. The third-order valence-electron chi connectivity index (χ3n) is 3.68. The average molecular weight is 356 g/mol. The molecule has 1 N–H and O–H groups in total. The molecule has 0 atom stereocenters. The summed E-state index contributed by atoms with van der Waals surface area (Å²) in [5.74, 6) is -0.0914. The van der Waals surface area contributed by atoms with Gasteiger partial charge in [0, 0.05) is 25.7 Å². The quantitative estimate of drug-likeness (QED) is 0.650. The van der Waals surface area contributed by atoms with E-state index in [0.29, 0.717) is 18.7 Å². The Balaban J connectivity index is 2.67. The number of carbonyl (C=O) groups is 1. The van der Waals surface area contributed by atoms with Crippen molar-refractivity contribution >= 4 is 15.9 Å². The van der Waals surface area contributed by atoms with Crippen LogP contribution in [0.25, 0.3) is 0 Å². The molecule has 1 amide bonds. The van der Waals surface area contributed by atoms with Crippen molar-refractivity contribution < 1.29 is 13.2 Å². The van der Waals surface area contributed by atoms with Gasteiger partial charge in [0.1, 0.15) is 0 Å². The molecular formula is C17H29N3O3S. The van der Waals surface area contributed by atoms with E-state index in [0.717, 1.165) is 25.8 Å². The van der Waals surface area contributed by atoms with Crippen molar-refractivity contribution in [2.75, 3.05) is 40.8 Å². The number of unbranched alkanes of at least 4 members (excludes halogenated alkanes) is 1. The van der Waals surface area contributed by atoms with Crippen molar-refractivity contribution in [1.29, 1.82) is 0 Å². The highest BCUT2D eigenvalue weighted by Gasteiger charge is 2.16. The smallest absolute Gasteiger partial charge is 0.253 e. The lowest BCUT2D eigenvalue weighted by molar-refractivity contribution is 0.0793. The molecule has 24 heavy (non-hydrogen) atoms. The lowest BCUT2D eigenvalue weighted by atomic mass is 10.2. The van der Waals surface area contributed by atoms with Crippen molar-refractivity contribution in [3.05, 3.63) is 29.8 Å². The number of amides is 1. The molecule has 1 aromatic rings. The fourth-order valence-corrected chi connectivity index (χ4v) is 3.25. The maximum atomic E-state index is 12.2. The highest BCUT2D eigenvalue weighted by molar-refractivity contribution is 7.89. The lowest BCUT2D eigenvalue weighted by Gasteiger charge is -2.17. The first-order chi connectivity index (χ1) is 11.3. The van der Waals surface area contributed by atoms with Crippen molar-refractivity contribution in [1.82, 2.24) is 14.5 Å². The fraction of sp³-hybridized carbons (Fsp3) is 0.588. The predicted molar refractivity (Wildman–Crippen MR) is 96.7 cm³/mol. The van der Waals surface area contributed by atoms with Gasteiger partial charge in [0.25, 0.3) is 5.91 Å². The van der Waals surface area contributed by atoms with E-state index >= 15 is 0 Å². The van der Waals surface area contributed by atoms with E-state index in [-0.39, 0.29) is 10.8 Å². The molecule has 0 aliphatic heterocycles. The van der Waals surface area contributed by atoms with Gasteiger partial charge >= 0.3 is 0 Å². The molecule has 0 aliphatic rings. The first-order valence-electron chi connectivity index (χ1n) is 8.28. The summed E-state index contributed by atoms with van der Waals surface area (Å²) in [4.78, 5) is 16.1. The highest BCUT2D eigenvalue weighted by atomic mass is 32.2. The largest absolute Gasteiger partial charge is 0.342 e. The van der Waals surface area contributed by atoms with Gasteiger partial charge in [-0.3, -0.25) is 4.79 Å². The van der Waals surface area contributed by atoms with Gasteiger partial charge in [-0.25, -0.2) is 13.1 Å². The minimum Gasteiger partial charge on any atom is -0.342 e. The van der Waals surface area contributed by atoms with Crippen LogP contribution < -0.4 is 4.72 Å². The zero-order valence-electron chi connectivity index (χ0n) is 15.1. The van der Waals surface area contributed by atoms with Crippen LogP contribution in [0.15, 0.2) is 29.2 Å². The third kappa shape index (κ3) is 6.59. The van der Waals surface area contributed by atoms with Crippen LogP contribution in [0, 0.1) is 0 Å². The van der Waals surface area contributed by atoms with Gasteiger partial charge in [0.05, 0.1) is 4.90 Å². The molecule has 0 unspecified atom stereocenters. The van der Waals surface area contributed by atoms with E-state index in [1.165, 1.54) is 12.1 Å². The van der Waals surface area contributed by atoms with Gasteiger partial charge in [-0.05, 0) is 57.7 Å². The maximum absolute atomic E-state index is 12.2. The van der Waals surface area contributed by atoms with Gasteiger partial charge in [-0.2, -0.15) is 0 Å². The van der Waals surface area contributed by atoms with Crippen molar-refractivity contribution in [3.8, 4) is 0 Å². The minimum absolute atomic E-state index is 0.0914. The van der Waals surface area contributed by atoms with Gasteiger partial charge in [-0.1, -0.05) is 13.3 Å². The Hall–Kier alpha value is -1.44. The molecule has 0 radical (unpaired) electrons. The molecule has 0 bridgehead atoms. The number of benzene rings is 1. The van der Waals surface area contributed by atoms with Crippen molar-refractivity contribution in [3.63, 3.8) is 0 Å². The monoisotopic (exact) mass is 355 g/mol. The number of carbonyl (C=O) groups excluding carboxylic acids is 1. The second-order valence-electron chi connectivity index (χ2n) is 6.16. The van der Waals surface area contributed by atoms with Gasteiger partial charge in [0.15, 0.2) is 0 Å². The summed E-state index contributed by atoms with van der Waals surface area (Å²) >= 11 is 0. The van der Waals surface area contributed by atoms with E-state index in [2.05, 4.69) is 11.6 Å². The number of hydrogen-bond acceptors (Lipinski definition) is 4. The summed E-state index contributed by atoms with van der Waals surface area (Å²) in [6.07, 6.45) is 2.71.